The van der Waals surface area contributed by atoms with E-state index in [2.05, 4.69) is 19.1 Å². The molecule has 2 rings (SSSR count). The summed E-state index contributed by atoms with van der Waals surface area (Å²) in [5, 5.41) is 19.5. The van der Waals surface area contributed by atoms with Gasteiger partial charge in [-0.2, -0.15) is 0 Å². The van der Waals surface area contributed by atoms with E-state index in [1.807, 2.05) is 25.1 Å². The van der Waals surface area contributed by atoms with Gasteiger partial charge in [0.2, 0.25) is 0 Å². The number of hydrogen-bond donors (Lipinski definition) is 2. The minimum Gasteiger partial charge on any atom is -0.504 e. The van der Waals surface area contributed by atoms with E-state index in [1.165, 1.54) is 5.56 Å². The summed E-state index contributed by atoms with van der Waals surface area (Å²) in [6.07, 6.45) is 1.63. The smallest absolute Gasteiger partial charge is 0.161 e. The Labute approximate surface area is 108 Å². The second-order valence-electron chi connectivity index (χ2n) is 4.32. The number of benzene rings is 2. The molecule has 2 nitrogen and oxygen atoms in total. The Morgan fingerprint density at radius 3 is 2.22 bits per heavy atom. The third-order valence-corrected chi connectivity index (χ3v) is 3.30. The lowest BCUT2D eigenvalue weighted by molar-refractivity contribution is 0.400. The van der Waals surface area contributed by atoms with Crippen LogP contribution in [0.5, 0.6) is 11.5 Å². The van der Waals surface area contributed by atoms with E-state index in [4.69, 9.17) is 0 Å². The minimum atomic E-state index is -0.0513. The van der Waals surface area contributed by atoms with Crippen molar-refractivity contribution in [1.82, 2.24) is 0 Å². The van der Waals surface area contributed by atoms with Crippen LogP contribution in [0.3, 0.4) is 0 Å². The molecule has 0 saturated carbocycles. The number of hydrogen-bond acceptors (Lipinski definition) is 2. The van der Waals surface area contributed by atoms with Crippen LogP contribution < -0.4 is 0 Å². The summed E-state index contributed by atoms with van der Waals surface area (Å²) >= 11 is 0. The van der Waals surface area contributed by atoms with Crippen molar-refractivity contribution in [3.8, 4) is 22.6 Å². The number of rotatable bonds is 3. The standard InChI is InChI=1S/C16H18O2/c1-3-11-7-5-6-8-13(11)14-9-10-15(17)16(18)12(14)4-2/h5-10,17-18H,3-4H2,1-2H3. The maximum absolute atomic E-state index is 9.95. The average Bonchev–Trinajstić information content (AvgIpc) is 2.41. The molecule has 2 N–H and O–H groups in total. The topological polar surface area (TPSA) is 40.5 Å². The molecule has 0 aliphatic carbocycles. The molecule has 0 radical (unpaired) electrons. The highest BCUT2D eigenvalue weighted by Gasteiger charge is 2.13. The largest absolute Gasteiger partial charge is 0.504 e. The second kappa shape index (κ2) is 5.13. The van der Waals surface area contributed by atoms with Gasteiger partial charge in [-0.05, 0) is 35.6 Å². The van der Waals surface area contributed by atoms with Crippen molar-refractivity contribution in [2.45, 2.75) is 26.7 Å². The Bertz CT molecular complexity index is 559. The van der Waals surface area contributed by atoms with Gasteiger partial charge in [-0.25, -0.2) is 0 Å². The lowest BCUT2D eigenvalue weighted by atomic mass is 9.92. The number of aromatic hydroxyl groups is 2. The summed E-state index contributed by atoms with van der Waals surface area (Å²) < 4.78 is 0. The zero-order chi connectivity index (χ0) is 13.1. The Morgan fingerprint density at radius 1 is 0.833 bits per heavy atom. The first-order valence-electron chi connectivity index (χ1n) is 6.31. The summed E-state index contributed by atoms with van der Waals surface area (Å²) in [4.78, 5) is 0. The SMILES string of the molecule is CCc1ccccc1-c1ccc(O)c(O)c1CC. The Kier molecular flexibility index (Phi) is 3.56. The Balaban J connectivity index is 2.67. The van der Waals surface area contributed by atoms with Gasteiger partial charge in [0.25, 0.3) is 0 Å². The van der Waals surface area contributed by atoms with Crippen LogP contribution >= 0.6 is 0 Å². The normalized spacial score (nSPS) is 10.6. The molecule has 0 aromatic heterocycles. The fourth-order valence-electron chi connectivity index (χ4n) is 2.33. The van der Waals surface area contributed by atoms with Gasteiger partial charge in [0.1, 0.15) is 0 Å². The summed E-state index contributed by atoms with van der Waals surface area (Å²) in [6, 6.07) is 11.6. The van der Waals surface area contributed by atoms with Crippen LogP contribution in [0.1, 0.15) is 25.0 Å². The van der Waals surface area contributed by atoms with E-state index in [0.29, 0.717) is 6.42 Å². The minimum absolute atomic E-state index is 0.000839. The number of phenols is 2. The van der Waals surface area contributed by atoms with Gasteiger partial charge in [0, 0.05) is 5.56 Å². The van der Waals surface area contributed by atoms with Crippen LogP contribution in [-0.2, 0) is 12.8 Å². The van der Waals surface area contributed by atoms with Crippen LogP contribution in [0.4, 0.5) is 0 Å². The molecule has 0 atom stereocenters. The van der Waals surface area contributed by atoms with Crippen molar-refractivity contribution in [3.63, 3.8) is 0 Å². The highest BCUT2D eigenvalue weighted by atomic mass is 16.3. The zero-order valence-electron chi connectivity index (χ0n) is 10.8. The summed E-state index contributed by atoms with van der Waals surface area (Å²) in [6.45, 7) is 4.09. The highest BCUT2D eigenvalue weighted by molar-refractivity contribution is 5.74. The predicted molar refractivity (Wildman–Crippen MR) is 74.0 cm³/mol. The lowest BCUT2D eigenvalue weighted by Gasteiger charge is -2.14. The molecule has 0 bridgehead atoms. The summed E-state index contributed by atoms with van der Waals surface area (Å²) in [5.74, 6) is -0.0505. The van der Waals surface area contributed by atoms with Crippen molar-refractivity contribution in [2.75, 3.05) is 0 Å². The van der Waals surface area contributed by atoms with E-state index in [9.17, 15) is 10.2 Å². The zero-order valence-corrected chi connectivity index (χ0v) is 10.8. The molecule has 0 spiro atoms. The molecule has 2 aromatic carbocycles. The quantitative estimate of drug-likeness (QED) is 0.802. The van der Waals surface area contributed by atoms with Gasteiger partial charge < -0.3 is 10.2 Å². The van der Waals surface area contributed by atoms with Crippen molar-refractivity contribution >= 4 is 0 Å². The van der Waals surface area contributed by atoms with Crippen molar-refractivity contribution in [2.24, 2.45) is 0 Å². The molecule has 0 aliphatic heterocycles. The molecule has 2 heteroatoms. The Morgan fingerprint density at radius 2 is 1.56 bits per heavy atom. The maximum atomic E-state index is 9.95. The first-order chi connectivity index (χ1) is 8.69. The van der Waals surface area contributed by atoms with Gasteiger partial charge in [-0.1, -0.05) is 44.2 Å². The van der Waals surface area contributed by atoms with Gasteiger partial charge in [0.15, 0.2) is 11.5 Å². The molecule has 0 saturated heterocycles. The van der Waals surface area contributed by atoms with Crippen LogP contribution in [0, 0.1) is 0 Å². The summed E-state index contributed by atoms with van der Waals surface area (Å²) in [5.41, 5.74) is 4.19. The fraction of sp³-hybridized carbons (Fsp3) is 0.250. The molecule has 0 amide bonds. The van der Waals surface area contributed by atoms with Crippen molar-refractivity contribution in [1.29, 1.82) is 0 Å². The molecule has 18 heavy (non-hydrogen) atoms. The van der Waals surface area contributed by atoms with E-state index < -0.39 is 0 Å². The van der Waals surface area contributed by atoms with Crippen LogP contribution in [-0.4, -0.2) is 10.2 Å². The van der Waals surface area contributed by atoms with Gasteiger partial charge in [0.05, 0.1) is 0 Å². The molecule has 2 aromatic rings. The van der Waals surface area contributed by atoms with Crippen LogP contribution in [0.2, 0.25) is 0 Å². The van der Waals surface area contributed by atoms with E-state index in [1.54, 1.807) is 6.07 Å². The Hall–Kier alpha value is -1.96. The number of phenolic OH excluding ortho intramolecular Hbond substituents is 2. The van der Waals surface area contributed by atoms with Gasteiger partial charge >= 0.3 is 0 Å². The van der Waals surface area contributed by atoms with Crippen LogP contribution in [0.15, 0.2) is 36.4 Å². The van der Waals surface area contributed by atoms with Crippen molar-refractivity contribution < 1.29 is 10.2 Å². The first kappa shape index (κ1) is 12.5. The highest BCUT2D eigenvalue weighted by Crippen LogP contribution is 2.38. The summed E-state index contributed by atoms with van der Waals surface area (Å²) in [7, 11) is 0. The third kappa shape index (κ3) is 2.06. The molecule has 0 unspecified atom stereocenters. The fourth-order valence-corrected chi connectivity index (χ4v) is 2.33. The molecular weight excluding hydrogens is 224 g/mol. The molecule has 0 fully saturated rings. The van der Waals surface area contributed by atoms with Crippen molar-refractivity contribution in [3.05, 3.63) is 47.5 Å². The van der Waals surface area contributed by atoms with E-state index in [-0.39, 0.29) is 11.5 Å². The monoisotopic (exact) mass is 242 g/mol. The molecule has 0 heterocycles. The first-order valence-corrected chi connectivity index (χ1v) is 6.31. The van der Waals surface area contributed by atoms with Gasteiger partial charge in [-0.15, -0.1) is 0 Å². The third-order valence-electron chi connectivity index (χ3n) is 3.30. The average molecular weight is 242 g/mol. The molecule has 0 aliphatic rings. The second-order valence-corrected chi connectivity index (χ2v) is 4.32. The maximum Gasteiger partial charge on any atom is 0.161 e. The predicted octanol–water partition coefficient (Wildman–Crippen LogP) is 3.89. The van der Waals surface area contributed by atoms with E-state index in [0.717, 1.165) is 23.1 Å². The molecular formula is C16H18O2. The molecule has 94 valence electrons. The van der Waals surface area contributed by atoms with Gasteiger partial charge in [-0.3, -0.25) is 0 Å². The van der Waals surface area contributed by atoms with E-state index >= 15 is 0 Å². The lowest BCUT2D eigenvalue weighted by Crippen LogP contribution is -1.93. The number of aryl methyl sites for hydroxylation is 1. The van der Waals surface area contributed by atoms with Crippen LogP contribution in [0.25, 0.3) is 11.1 Å².